The van der Waals surface area contributed by atoms with Crippen molar-refractivity contribution in [3.63, 3.8) is 0 Å². The molecule has 10 nitrogen and oxygen atoms in total. The van der Waals surface area contributed by atoms with Crippen molar-refractivity contribution in [3.8, 4) is 16.9 Å². The second-order valence-corrected chi connectivity index (χ2v) is 9.29. The Morgan fingerprint density at radius 3 is 2.87 bits per heavy atom. The van der Waals surface area contributed by atoms with E-state index in [4.69, 9.17) is 28.2 Å². The Morgan fingerprint density at radius 2 is 2.03 bits per heavy atom. The molecular formula is C26H22Cl2N8O2. The number of halogens is 2. The fraction of sp³-hybridized carbons (Fsp3) is 0.154. The van der Waals surface area contributed by atoms with Crippen molar-refractivity contribution in [3.05, 3.63) is 88.6 Å². The molecule has 1 atom stereocenters. The van der Waals surface area contributed by atoms with Gasteiger partial charge < -0.3 is 15.6 Å². The van der Waals surface area contributed by atoms with E-state index in [1.807, 2.05) is 30.4 Å². The van der Waals surface area contributed by atoms with Gasteiger partial charge in [-0.05, 0) is 53.6 Å². The van der Waals surface area contributed by atoms with Crippen LogP contribution in [-0.2, 0) is 9.59 Å². The summed E-state index contributed by atoms with van der Waals surface area (Å²) in [6.45, 7) is 0. The van der Waals surface area contributed by atoms with Crippen molar-refractivity contribution in [2.75, 3.05) is 5.32 Å². The van der Waals surface area contributed by atoms with Gasteiger partial charge in [-0.2, -0.15) is 4.68 Å². The third-order valence-corrected chi connectivity index (χ3v) is 6.37. The zero-order chi connectivity index (χ0) is 26.5. The van der Waals surface area contributed by atoms with Crippen LogP contribution in [0.15, 0.2) is 67.0 Å². The van der Waals surface area contributed by atoms with Crippen molar-refractivity contribution in [2.24, 2.45) is 0 Å². The number of hydrogen-bond acceptors (Lipinski definition) is 6. The Labute approximate surface area is 227 Å². The first-order valence-electron chi connectivity index (χ1n) is 11.8. The number of nitrogens with zero attached hydrogens (tertiary/aromatic N) is 5. The van der Waals surface area contributed by atoms with Gasteiger partial charge in [0.1, 0.15) is 23.0 Å². The Hall–Kier alpha value is -4.28. The maximum Gasteiger partial charge on any atom is 0.244 e. The number of carbonyl (C=O) groups excluding carboxylic acids is 2. The normalized spacial score (nSPS) is 15.7. The van der Waals surface area contributed by atoms with Crippen LogP contribution in [0.5, 0.6) is 0 Å². The summed E-state index contributed by atoms with van der Waals surface area (Å²) in [5, 5.41) is 18.0. The van der Waals surface area contributed by atoms with Gasteiger partial charge in [0.15, 0.2) is 0 Å². The van der Waals surface area contributed by atoms with Gasteiger partial charge in [-0.15, -0.1) is 5.10 Å². The molecule has 2 aromatic heterocycles. The Balaban J connectivity index is 1.42. The van der Waals surface area contributed by atoms with E-state index in [-0.39, 0.29) is 11.8 Å². The van der Waals surface area contributed by atoms with E-state index in [1.54, 1.807) is 30.3 Å². The number of hydrogen-bond donors (Lipinski definition) is 3. The average molecular weight is 549 g/mol. The van der Waals surface area contributed by atoms with Crippen molar-refractivity contribution in [1.82, 2.24) is 35.5 Å². The summed E-state index contributed by atoms with van der Waals surface area (Å²) in [7, 11) is 0. The van der Waals surface area contributed by atoms with Gasteiger partial charge in [0, 0.05) is 28.6 Å². The number of imidazole rings is 1. The van der Waals surface area contributed by atoms with E-state index in [1.165, 1.54) is 17.1 Å². The van der Waals surface area contributed by atoms with Crippen molar-refractivity contribution in [1.29, 1.82) is 0 Å². The van der Waals surface area contributed by atoms with E-state index < -0.39 is 6.04 Å². The maximum absolute atomic E-state index is 13.0. The monoisotopic (exact) mass is 548 g/mol. The van der Waals surface area contributed by atoms with Crippen LogP contribution in [-0.4, -0.2) is 42.0 Å². The lowest BCUT2D eigenvalue weighted by Gasteiger charge is -2.14. The number of aromatic amines is 1. The number of nitrogens with one attached hydrogen (secondary N) is 3. The molecule has 0 saturated carbocycles. The molecule has 4 aromatic rings. The summed E-state index contributed by atoms with van der Waals surface area (Å²) in [6, 6.07) is 12.0. The van der Waals surface area contributed by atoms with Gasteiger partial charge in [-0.1, -0.05) is 53.6 Å². The van der Waals surface area contributed by atoms with Gasteiger partial charge in [0.2, 0.25) is 11.8 Å². The molecule has 1 aliphatic rings. The minimum atomic E-state index is -0.496. The van der Waals surface area contributed by atoms with Gasteiger partial charge in [-0.3, -0.25) is 9.59 Å². The fourth-order valence-corrected chi connectivity index (χ4v) is 4.47. The minimum absolute atomic E-state index is 0.106. The summed E-state index contributed by atoms with van der Waals surface area (Å²) in [4.78, 5) is 33.2. The number of fused-ring (bicyclic) bond motifs is 4. The first-order valence-corrected chi connectivity index (χ1v) is 12.5. The standard InChI is InChI=1S/C26H22Cl2N8O2/c27-17-11-12-21(36-15-29-34-35-36)16(14-17)10-13-23(38)31-20-8-2-1-3-9-22(37)30-19-7-5-4-6-18(19)24-25(28)33-26(20)32-24/h1-2,4-7,10-15,20H,3,8-9H2,(H,30,37)(H,31,38)(H,32,33)/b2-1?,13-10+/t20-/m0/s1. The van der Waals surface area contributed by atoms with Crippen LogP contribution < -0.4 is 10.6 Å². The lowest BCUT2D eigenvalue weighted by Crippen LogP contribution is -2.27. The van der Waals surface area contributed by atoms with E-state index in [0.29, 0.717) is 63.5 Å². The van der Waals surface area contributed by atoms with Crippen LogP contribution in [0.4, 0.5) is 5.69 Å². The number of benzene rings is 2. The third-order valence-electron chi connectivity index (χ3n) is 5.86. The molecular weight excluding hydrogens is 527 g/mol. The number of tetrazole rings is 1. The molecule has 3 N–H and O–H groups in total. The second kappa shape index (κ2) is 11.4. The molecule has 0 aliphatic carbocycles. The van der Waals surface area contributed by atoms with Crippen LogP contribution in [0.3, 0.4) is 0 Å². The van der Waals surface area contributed by atoms with Crippen molar-refractivity contribution >= 4 is 46.8 Å². The maximum atomic E-state index is 13.0. The number of amides is 2. The summed E-state index contributed by atoms with van der Waals surface area (Å²) >= 11 is 12.7. The predicted octanol–water partition coefficient (Wildman–Crippen LogP) is 4.91. The van der Waals surface area contributed by atoms with Crippen molar-refractivity contribution in [2.45, 2.75) is 25.3 Å². The summed E-state index contributed by atoms with van der Waals surface area (Å²) < 4.78 is 1.48. The van der Waals surface area contributed by atoms with Gasteiger partial charge in [-0.25, -0.2) is 4.98 Å². The molecule has 2 bridgehead atoms. The first kappa shape index (κ1) is 25.4. The summed E-state index contributed by atoms with van der Waals surface area (Å²) in [5.74, 6) is 0.0425. The molecule has 0 saturated heterocycles. The summed E-state index contributed by atoms with van der Waals surface area (Å²) in [6.07, 6.45) is 9.66. The topological polar surface area (TPSA) is 130 Å². The number of allylic oxidation sites excluding steroid dienone is 1. The highest BCUT2D eigenvalue weighted by Gasteiger charge is 2.21. The van der Waals surface area contributed by atoms with Crippen LogP contribution in [0.25, 0.3) is 23.0 Å². The molecule has 5 rings (SSSR count). The zero-order valence-electron chi connectivity index (χ0n) is 19.9. The molecule has 1 aliphatic heterocycles. The molecule has 38 heavy (non-hydrogen) atoms. The Morgan fingerprint density at radius 1 is 1.16 bits per heavy atom. The van der Waals surface area contributed by atoms with Crippen LogP contribution in [0.1, 0.15) is 36.7 Å². The van der Waals surface area contributed by atoms with Gasteiger partial charge in [0.05, 0.1) is 17.4 Å². The first-order chi connectivity index (χ1) is 18.5. The second-order valence-electron chi connectivity index (χ2n) is 8.48. The fourth-order valence-electron chi connectivity index (χ4n) is 4.05. The Kier molecular flexibility index (Phi) is 7.62. The Bertz CT molecular complexity index is 1530. The average Bonchev–Trinajstić information content (AvgIpc) is 3.57. The molecule has 0 spiro atoms. The third kappa shape index (κ3) is 5.82. The van der Waals surface area contributed by atoms with Crippen LogP contribution in [0, 0.1) is 0 Å². The molecule has 12 heteroatoms. The van der Waals surface area contributed by atoms with Gasteiger partial charge in [0.25, 0.3) is 0 Å². The number of carbonyl (C=O) groups is 2. The number of H-pyrrole nitrogens is 1. The zero-order valence-corrected chi connectivity index (χ0v) is 21.4. The highest BCUT2D eigenvalue weighted by Crippen LogP contribution is 2.33. The smallest absolute Gasteiger partial charge is 0.244 e. The van der Waals surface area contributed by atoms with E-state index in [2.05, 4.69) is 31.1 Å². The molecule has 0 fully saturated rings. The largest absolute Gasteiger partial charge is 0.342 e. The number of para-hydroxylation sites is 1. The molecule has 2 aromatic carbocycles. The molecule has 192 valence electrons. The van der Waals surface area contributed by atoms with Gasteiger partial charge >= 0.3 is 0 Å². The number of rotatable bonds is 4. The minimum Gasteiger partial charge on any atom is -0.342 e. The molecule has 3 heterocycles. The lowest BCUT2D eigenvalue weighted by molar-refractivity contribution is -0.117. The quantitative estimate of drug-likeness (QED) is 0.245. The van der Waals surface area contributed by atoms with Crippen LogP contribution in [0.2, 0.25) is 10.2 Å². The predicted molar refractivity (Wildman–Crippen MR) is 145 cm³/mol. The number of anilines is 1. The highest BCUT2D eigenvalue weighted by atomic mass is 35.5. The SMILES string of the molecule is O=C(/C=C/c1cc(Cl)ccc1-n1cnnn1)N[C@H]1CC=CCCC(=O)Nc2ccccc2-c2nc1[nH]c2Cl. The molecule has 2 amide bonds. The van der Waals surface area contributed by atoms with E-state index in [9.17, 15) is 9.59 Å². The summed E-state index contributed by atoms with van der Waals surface area (Å²) in [5.41, 5.74) is 3.11. The van der Waals surface area contributed by atoms with E-state index in [0.717, 1.165) is 0 Å². The van der Waals surface area contributed by atoms with E-state index >= 15 is 0 Å². The lowest BCUT2D eigenvalue weighted by atomic mass is 10.1. The van der Waals surface area contributed by atoms with Crippen LogP contribution >= 0.6 is 23.2 Å². The molecule has 0 unspecified atom stereocenters. The number of aromatic nitrogens is 6. The highest BCUT2D eigenvalue weighted by molar-refractivity contribution is 6.32. The molecule has 0 radical (unpaired) electrons. The van der Waals surface area contributed by atoms with Crippen molar-refractivity contribution < 1.29 is 9.59 Å².